The topological polar surface area (TPSA) is 66.3 Å². The highest BCUT2D eigenvalue weighted by Crippen LogP contribution is 2.32. The molecule has 0 bridgehead atoms. The fourth-order valence-electron chi connectivity index (χ4n) is 1.99. The van der Waals surface area contributed by atoms with E-state index in [1.165, 1.54) is 11.3 Å². The van der Waals surface area contributed by atoms with Crippen LogP contribution in [-0.2, 0) is 6.54 Å². The Kier molecular flexibility index (Phi) is 4.90. The first kappa shape index (κ1) is 15.4. The Labute approximate surface area is 128 Å². The fourth-order valence-corrected chi connectivity index (χ4v) is 2.98. The van der Waals surface area contributed by atoms with Gasteiger partial charge in [0.25, 0.3) is 0 Å². The smallest absolute Gasteiger partial charge is 0.347 e. The molecule has 0 amide bonds. The van der Waals surface area contributed by atoms with E-state index in [4.69, 9.17) is 0 Å². The van der Waals surface area contributed by atoms with Crippen LogP contribution in [0.1, 0.15) is 47.1 Å². The molecular weight excluding hydrogens is 286 g/mol. The number of rotatable bonds is 6. The molecule has 2 rings (SSSR count). The van der Waals surface area contributed by atoms with Gasteiger partial charge in [-0.05, 0) is 30.0 Å². The molecule has 1 N–H and O–H groups in total. The number of carboxylic acid groups (broad SMARTS) is 1. The monoisotopic (exact) mass is 305 g/mol. The third-order valence-electron chi connectivity index (χ3n) is 3.41. The molecule has 0 saturated carbocycles. The number of nitrogens with zero attached hydrogens (tertiary/aromatic N) is 3. The Balaban J connectivity index is 2.25. The summed E-state index contributed by atoms with van der Waals surface area (Å²) in [5.41, 5.74) is 1.80. The van der Waals surface area contributed by atoms with Crippen molar-refractivity contribution in [3.05, 3.63) is 40.7 Å². The average molecular weight is 305 g/mol. The van der Waals surface area contributed by atoms with Gasteiger partial charge in [0, 0.05) is 26.0 Å². The normalized spacial score (nSPS) is 12.1. The lowest BCUT2D eigenvalue weighted by Gasteiger charge is -2.15. The van der Waals surface area contributed by atoms with Crippen LogP contribution in [0, 0.1) is 0 Å². The lowest BCUT2D eigenvalue weighted by Crippen LogP contribution is -2.16. The summed E-state index contributed by atoms with van der Waals surface area (Å²) in [4.78, 5) is 22.2. The molecule has 1 unspecified atom stereocenters. The van der Waals surface area contributed by atoms with Crippen molar-refractivity contribution in [2.75, 3.05) is 11.9 Å². The second-order valence-corrected chi connectivity index (χ2v) is 6.01. The summed E-state index contributed by atoms with van der Waals surface area (Å²) in [5, 5.41) is 10.1. The standard InChI is InChI=1S/C15H19N3O2S/c1-4-10(2)12-13(14(19)20)21-15(17-12)18(3)9-11-5-7-16-8-6-11/h5-8,10H,4,9H2,1-3H3,(H,19,20). The summed E-state index contributed by atoms with van der Waals surface area (Å²) in [6, 6.07) is 3.88. The Morgan fingerprint density at radius 1 is 1.43 bits per heavy atom. The molecule has 0 aliphatic rings. The van der Waals surface area contributed by atoms with Crippen molar-refractivity contribution in [1.29, 1.82) is 0 Å². The molecule has 5 nitrogen and oxygen atoms in total. The van der Waals surface area contributed by atoms with Crippen LogP contribution in [0.2, 0.25) is 0 Å². The van der Waals surface area contributed by atoms with Gasteiger partial charge in [0.15, 0.2) is 5.13 Å². The highest BCUT2D eigenvalue weighted by atomic mass is 32.1. The third kappa shape index (κ3) is 3.58. The number of anilines is 1. The number of aromatic carboxylic acids is 1. The van der Waals surface area contributed by atoms with E-state index in [9.17, 15) is 9.90 Å². The van der Waals surface area contributed by atoms with Gasteiger partial charge in [0.05, 0.1) is 5.69 Å². The van der Waals surface area contributed by atoms with Crippen LogP contribution in [-0.4, -0.2) is 28.1 Å². The first-order valence-corrected chi connectivity index (χ1v) is 7.68. The third-order valence-corrected chi connectivity index (χ3v) is 4.58. The zero-order valence-electron chi connectivity index (χ0n) is 12.4. The molecule has 2 heterocycles. The minimum Gasteiger partial charge on any atom is -0.477 e. The van der Waals surface area contributed by atoms with Crippen LogP contribution >= 0.6 is 11.3 Å². The van der Waals surface area contributed by atoms with Crippen LogP contribution in [0.15, 0.2) is 24.5 Å². The van der Waals surface area contributed by atoms with Gasteiger partial charge in [-0.2, -0.15) is 0 Å². The summed E-state index contributed by atoms with van der Waals surface area (Å²) < 4.78 is 0. The van der Waals surface area contributed by atoms with Crippen molar-refractivity contribution in [3.8, 4) is 0 Å². The van der Waals surface area contributed by atoms with E-state index in [0.717, 1.165) is 17.1 Å². The molecular formula is C15H19N3O2S. The fraction of sp³-hybridized carbons (Fsp3) is 0.400. The van der Waals surface area contributed by atoms with Crippen molar-refractivity contribution < 1.29 is 9.90 Å². The number of carboxylic acids is 1. The van der Waals surface area contributed by atoms with Gasteiger partial charge in [0.2, 0.25) is 0 Å². The van der Waals surface area contributed by atoms with E-state index in [-0.39, 0.29) is 5.92 Å². The van der Waals surface area contributed by atoms with Gasteiger partial charge in [-0.25, -0.2) is 9.78 Å². The van der Waals surface area contributed by atoms with Crippen LogP contribution in [0.5, 0.6) is 0 Å². The average Bonchev–Trinajstić information content (AvgIpc) is 2.93. The predicted molar refractivity (Wildman–Crippen MR) is 84.1 cm³/mol. The molecule has 0 saturated heterocycles. The van der Waals surface area contributed by atoms with Crippen LogP contribution in [0.25, 0.3) is 0 Å². The highest BCUT2D eigenvalue weighted by Gasteiger charge is 2.22. The van der Waals surface area contributed by atoms with E-state index in [1.54, 1.807) is 12.4 Å². The molecule has 0 spiro atoms. The molecule has 112 valence electrons. The second-order valence-electron chi connectivity index (χ2n) is 5.04. The number of hydrogen-bond donors (Lipinski definition) is 1. The van der Waals surface area contributed by atoms with E-state index >= 15 is 0 Å². The largest absolute Gasteiger partial charge is 0.477 e. The molecule has 0 fully saturated rings. The van der Waals surface area contributed by atoms with Crippen LogP contribution in [0.4, 0.5) is 5.13 Å². The van der Waals surface area contributed by atoms with Crippen molar-refractivity contribution in [2.45, 2.75) is 32.7 Å². The first-order chi connectivity index (χ1) is 10.0. The van der Waals surface area contributed by atoms with Gasteiger partial charge < -0.3 is 10.0 Å². The molecule has 2 aromatic rings. The van der Waals surface area contributed by atoms with Crippen molar-refractivity contribution in [3.63, 3.8) is 0 Å². The van der Waals surface area contributed by atoms with Crippen molar-refractivity contribution in [1.82, 2.24) is 9.97 Å². The Morgan fingerprint density at radius 3 is 2.67 bits per heavy atom. The number of hydrogen-bond acceptors (Lipinski definition) is 5. The number of pyridine rings is 1. The van der Waals surface area contributed by atoms with Gasteiger partial charge in [-0.15, -0.1) is 0 Å². The Hall–Kier alpha value is -1.95. The lowest BCUT2D eigenvalue weighted by molar-refractivity contribution is 0.0700. The number of carbonyl (C=O) groups is 1. The zero-order valence-corrected chi connectivity index (χ0v) is 13.2. The summed E-state index contributed by atoms with van der Waals surface area (Å²) in [6.45, 7) is 4.72. The molecule has 0 aliphatic heterocycles. The van der Waals surface area contributed by atoms with E-state index in [2.05, 4.69) is 9.97 Å². The number of thiazole rings is 1. The first-order valence-electron chi connectivity index (χ1n) is 6.87. The summed E-state index contributed by atoms with van der Waals surface area (Å²) in [5.74, 6) is -0.748. The molecule has 6 heteroatoms. The summed E-state index contributed by atoms with van der Waals surface area (Å²) in [6.07, 6.45) is 4.37. The maximum Gasteiger partial charge on any atom is 0.347 e. The quantitative estimate of drug-likeness (QED) is 0.886. The van der Waals surface area contributed by atoms with Gasteiger partial charge in [-0.1, -0.05) is 25.2 Å². The number of aromatic nitrogens is 2. The molecule has 1 atom stereocenters. The Morgan fingerprint density at radius 2 is 2.10 bits per heavy atom. The summed E-state index contributed by atoms with van der Waals surface area (Å²) in [7, 11) is 1.92. The van der Waals surface area contributed by atoms with Crippen molar-refractivity contribution >= 4 is 22.4 Å². The molecule has 2 aromatic heterocycles. The minimum atomic E-state index is -0.897. The lowest BCUT2D eigenvalue weighted by atomic mass is 10.0. The molecule has 0 radical (unpaired) electrons. The Bertz CT molecular complexity index is 613. The SMILES string of the molecule is CCC(C)c1nc(N(C)Cc2ccncc2)sc1C(=O)O. The predicted octanol–water partition coefficient (Wildman–Crippen LogP) is 3.39. The molecule has 21 heavy (non-hydrogen) atoms. The van der Waals surface area contributed by atoms with Crippen LogP contribution in [0.3, 0.4) is 0 Å². The second kappa shape index (κ2) is 6.67. The van der Waals surface area contributed by atoms with Gasteiger partial charge in [-0.3, -0.25) is 4.98 Å². The molecule has 0 aliphatic carbocycles. The van der Waals surface area contributed by atoms with Crippen LogP contribution < -0.4 is 4.90 Å². The summed E-state index contributed by atoms with van der Waals surface area (Å²) >= 11 is 1.24. The zero-order chi connectivity index (χ0) is 15.4. The van der Waals surface area contributed by atoms with E-state index in [0.29, 0.717) is 17.1 Å². The maximum absolute atomic E-state index is 11.4. The van der Waals surface area contributed by atoms with Gasteiger partial charge >= 0.3 is 5.97 Å². The van der Waals surface area contributed by atoms with E-state index in [1.807, 2.05) is 37.9 Å². The maximum atomic E-state index is 11.4. The van der Waals surface area contributed by atoms with Gasteiger partial charge in [0.1, 0.15) is 4.88 Å². The highest BCUT2D eigenvalue weighted by molar-refractivity contribution is 7.17. The minimum absolute atomic E-state index is 0.149. The van der Waals surface area contributed by atoms with E-state index < -0.39 is 5.97 Å². The van der Waals surface area contributed by atoms with Crippen molar-refractivity contribution in [2.24, 2.45) is 0 Å². The molecule has 0 aromatic carbocycles.